The van der Waals surface area contributed by atoms with Crippen LogP contribution in [0.4, 0.5) is 11.4 Å². The van der Waals surface area contributed by atoms with Crippen LogP contribution >= 0.6 is 0 Å². The normalized spacial score (nSPS) is 18.3. The van der Waals surface area contributed by atoms with E-state index in [0.29, 0.717) is 60.3 Å². The molecule has 0 radical (unpaired) electrons. The van der Waals surface area contributed by atoms with E-state index in [1.54, 1.807) is 25.3 Å². The molecule has 0 spiro atoms. The van der Waals surface area contributed by atoms with Gasteiger partial charge in [0.05, 0.1) is 56.4 Å². The highest BCUT2D eigenvalue weighted by Gasteiger charge is 2.53. The second kappa shape index (κ2) is 13.1. The number of hydrogen-bond donors (Lipinski definition) is 0. The van der Waals surface area contributed by atoms with Gasteiger partial charge in [-0.2, -0.15) is 13.7 Å². The summed E-state index contributed by atoms with van der Waals surface area (Å²) in [5.74, 6) is 1.69. The molecule has 0 N–H and O–H groups in total. The molecule has 0 amide bonds. The standard InChI is InChI=1S/C35H38N6O5S/c1-5-46-33-11-8-28(44-3)21-31(33)35(40-16-6-15-39(17-18-40)27-13-14-37-25(2)19-27)24-41(32-10-7-26(22-36)20-30(32)35)47(42,43)34-12-9-29(45-4)23-38-34/h7-14,19-21,23H,5-6,15-18,24H2,1-4H3. The Labute approximate surface area is 276 Å². The molecule has 12 heteroatoms. The number of rotatable bonds is 9. The zero-order valence-corrected chi connectivity index (χ0v) is 27.8. The van der Waals surface area contributed by atoms with Crippen molar-refractivity contribution in [1.29, 1.82) is 5.26 Å². The van der Waals surface area contributed by atoms with Gasteiger partial charge in [-0.3, -0.25) is 14.2 Å². The molecule has 1 atom stereocenters. The lowest BCUT2D eigenvalue weighted by Crippen LogP contribution is -2.52. The summed E-state index contributed by atoms with van der Waals surface area (Å²) in [4.78, 5) is 13.3. The van der Waals surface area contributed by atoms with Gasteiger partial charge in [-0.05, 0) is 80.9 Å². The van der Waals surface area contributed by atoms with Crippen molar-refractivity contribution in [3.63, 3.8) is 0 Å². The van der Waals surface area contributed by atoms with E-state index in [2.05, 4.69) is 31.9 Å². The minimum absolute atomic E-state index is 0.0366. The van der Waals surface area contributed by atoms with E-state index in [1.165, 1.54) is 23.7 Å². The Bertz CT molecular complexity index is 1910. The van der Waals surface area contributed by atoms with Crippen molar-refractivity contribution in [3.8, 4) is 23.3 Å². The number of benzene rings is 2. The minimum atomic E-state index is -4.16. The molecule has 2 aliphatic rings. The number of pyridine rings is 2. The van der Waals surface area contributed by atoms with Crippen molar-refractivity contribution >= 4 is 21.4 Å². The van der Waals surface area contributed by atoms with Gasteiger partial charge < -0.3 is 19.1 Å². The molecule has 0 bridgehead atoms. The Morgan fingerprint density at radius 1 is 0.915 bits per heavy atom. The summed E-state index contributed by atoms with van der Waals surface area (Å²) in [5.41, 5.74) is 3.39. The van der Waals surface area contributed by atoms with E-state index < -0.39 is 15.6 Å². The van der Waals surface area contributed by atoms with E-state index >= 15 is 0 Å². The molecular formula is C35H38N6O5S. The fourth-order valence-corrected chi connectivity index (χ4v) is 8.12. The number of aromatic nitrogens is 2. The monoisotopic (exact) mass is 654 g/mol. The number of methoxy groups -OCH3 is 2. The summed E-state index contributed by atoms with van der Waals surface area (Å²) in [6, 6.07) is 20.3. The SMILES string of the molecule is CCOc1ccc(OC)cc1C1(N2CCCN(c3ccnc(C)c3)CC2)CN(S(=O)(=O)c2ccc(OC)cn2)c2ccc(C#N)cc21. The molecular weight excluding hydrogens is 616 g/mol. The van der Waals surface area contributed by atoms with Gasteiger partial charge in [0.15, 0.2) is 5.03 Å². The van der Waals surface area contributed by atoms with Crippen molar-refractivity contribution in [2.75, 3.05) is 62.8 Å². The quantitative estimate of drug-likeness (QED) is 0.250. The smallest absolute Gasteiger partial charge is 0.281 e. The molecule has 0 aliphatic carbocycles. The molecule has 47 heavy (non-hydrogen) atoms. The van der Waals surface area contributed by atoms with Crippen LogP contribution in [0.5, 0.6) is 17.2 Å². The largest absolute Gasteiger partial charge is 0.497 e. The third-order valence-electron chi connectivity index (χ3n) is 8.92. The maximum Gasteiger partial charge on any atom is 0.281 e. The van der Waals surface area contributed by atoms with E-state index in [4.69, 9.17) is 14.2 Å². The van der Waals surface area contributed by atoms with Crippen LogP contribution < -0.4 is 23.4 Å². The van der Waals surface area contributed by atoms with Crippen LogP contribution in [0.1, 0.15) is 35.7 Å². The second-order valence-electron chi connectivity index (χ2n) is 11.5. The van der Waals surface area contributed by atoms with Crippen molar-refractivity contribution in [2.45, 2.75) is 30.8 Å². The van der Waals surface area contributed by atoms with Crippen LogP contribution in [-0.4, -0.2) is 76.8 Å². The molecule has 0 saturated carbocycles. The maximum absolute atomic E-state index is 14.5. The van der Waals surface area contributed by atoms with Crippen LogP contribution in [-0.2, 0) is 15.6 Å². The Balaban J connectivity index is 1.56. The van der Waals surface area contributed by atoms with E-state index in [9.17, 15) is 13.7 Å². The van der Waals surface area contributed by atoms with Crippen LogP contribution in [0.15, 0.2) is 78.1 Å². The molecule has 2 aromatic heterocycles. The van der Waals surface area contributed by atoms with Gasteiger partial charge in [0.25, 0.3) is 10.0 Å². The molecule has 244 valence electrons. The van der Waals surface area contributed by atoms with Crippen LogP contribution in [0.25, 0.3) is 0 Å². The number of nitriles is 1. The van der Waals surface area contributed by atoms with Gasteiger partial charge in [0, 0.05) is 54.9 Å². The molecule has 1 saturated heterocycles. The Morgan fingerprint density at radius 2 is 1.72 bits per heavy atom. The van der Waals surface area contributed by atoms with Gasteiger partial charge >= 0.3 is 0 Å². The average molecular weight is 655 g/mol. The number of nitrogens with zero attached hydrogens (tertiary/aromatic N) is 6. The van der Waals surface area contributed by atoms with E-state index in [0.717, 1.165) is 29.9 Å². The molecule has 11 nitrogen and oxygen atoms in total. The summed E-state index contributed by atoms with van der Waals surface area (Å²) in [5, 5.41) is 9.95. The summed E-state index contributed by atoms with van der Waals surface area (Å²) < 4.78 is 47.6. The Morgan fingerprint density at radius 3 is 2.43 bits per heavy atom. The van der Waals surface area contributed by atoms with Crippen LogP contribution in [0.2, 0.25) is 0 Å². The van der Waals surface area contributed by atoms with Crippen LogP contribution in [0.3, 0.4) is 0 Å². The first-order valence-electron chi connectivity index (χ1n) is 15.6. The number of hydrogen-bond acceptors (Lipinski definition) is 10. The predicted molar refractivity (Wildman–Crippen MR) is 179 cm³/mol. The third-order valence-corrected chi connectivity index (χ3v) is 10.6. The average Bonchev–Trinajstić information content (AvgIpc) is 3.25. The maximum atomic E-state index is 14.5. The Kier molecular flexibility index (Phi) is 8.94. The first-order chi connectivity index (χ1) is 22.7. The summed E-state index contributed by atoms with van der Waals surface area (Å²) >= 11 is 0. The van der Waals surface area contributed by atoms with E-state index in [1.807, 2.05) is 50.4 Å². The fourth-order valence-electron chi connectivity index (χ4n) is 6.70. The molecule has 1 unspecified atom stereocenters. The third kappa shape index (κ3) is 5.81. The summed E-state index contributed by atoms with van der Waals surface area (Å²) in [7, 11) is -1.04. The van der Waals surface area contributed by atoms with Crippen molar-refractivity contribution < 1.29 is 22.6 Å². The highest BCUT2D eigenvalue weighted by atomic mass is 32.2. The number of ether oxygens (including phenoxy) is 3. The Hall–Kier alpha value is -4.86. The molecule has 4 heterocycles. The van der Waals surface area contributed by atoms with Gasteiger partial charge in [-0.1, -0.05) is 0 Å². The highest BCUT2D eigenvalue weighted by molar-refractivity contribution is 7.92. The van der Waals surface area contributed by atoms with Crippen LogP contribution in [0, 0.1) is 18.3 Å². The molecule has 6 rings (SSSR count). The molecule has 4 aromatic rings. The minimum Gasteiger partial charge on any atom is -0.497 e. The zero-order chi connectivity index (χ0) is 33.2. The summed E-state index contributed by atoms with van der Waals surface area (Å²) in [6.45, 7) is 7.12. The molecule has 2 aromatic carbocycles. The first kappa shape index (κ1) is 32.1. The van der Waals surface area contributed by atoms with Crippen molar-refractivity contribution in [1.82, 2.24) is 14.9 Å². The number of aryl methyl sites for hydroxylation is 1. The highest BCUT2D eigenvalue weighted by Crippen LogP contribution is 2.52. The lowest BCUT2D eigenvalue weighted by molar-refractivity contribution is 0.143. The zero-order valence-electron chi connectivity index (χ0n) is 27.0. The lowest BCUT2D eigenvalue weighted by Gasteiger charge is -2.42. The first-order valence-corrected chi connectivity index (χ1v) is 17.0. The van der Waals surface area contributed by atoms with E-state index in [-0.39, 0.29) is 11.6 Å². The van der Waals surface area contributed by atoms with Gasteiger partial charge in [0.2, 0.25) is 0 Å². The fraction of sp³-hybridized carbons (Fsp3) is 0.343. The second-order valence-corrected chi connectivity index (χ2v) is 13.3. The summed E-state index contributed by atoms with van der Waals surface area (Å²) in [6.07, 6.45) is 4.04. The number of anilines is 2. The van der Waals surface area contributed by atoms with Crippen molar-refractivity contribution in [2.24, 2.45) is 0 Å². The number of fused-ring (bicyclic) bond motifs is 1. The van der Waals surface area contributed by atoms with Gasteiger partial charge in [-0.15, -0.1) is 0 Å². The van der Waals surface area contributed by atoms with Crippen molar-refractivity contribution in [3.05, 3.63) is 95.4 Å². The predicted octanol–water partition coefficient (Wildman–Crippen LogP) is 4.74. The van der Waals surface area contributed by atoms with Gasteiger partial charge in [0.1, 0.15) is 17.2 Å². The number of sulfonamides is 1. The molecule has 2 aliphatic heterocycles. The lowest BCUT2D eigenvalue weighted by atomic mass is 9.81. The molecule has 1 fully saturated rings. The topological polar surface area (TPSA) is 121 Å². The van der Waals surface area contributed by atoms with Gasteiger partial charge in [-0.25, -0.2) is 4.98 Å².